The Morgan fingerprint density at radius 2 is 1.95 bits per heavy atom. The van der Waals surface area contributed by atoms with E-state index in [4.69, 9.17) is 0 Å². The van der Waals surface area contributed by atoms with Crippen molar-refractivity contribution in [2.24, 2.45) is 7.05 Å². The second-order valence-corrected chi connectivity index (χ2v) is 5.00. The van der Waals surface area contributed by atoms with E-state index in [1.54, 1.807) is 4.68 Å². The minimum Gasteiger partial charge on any atom is -0.338 e. The van der Waals surface area contributed by atoms with Crippen LogP contribution in [-0.4, -0.2) is 37.0 Å². The molecule has 3 rings (SSSR count). The van der Waals surface area contributed by atoms with E-state index in [0.717, 1.165) is 16.9 Å². The highest BCUT2D eigenvalue weighted by Crippen LogP contribution is 2.17. The quantitative estimate of drug-likeness (QED) is 0.723. The monoisotopic (exact) mass is 283 g/mol. The van der Waals surface area contributed by atoms with Gasteiger partial charge in [-0.3, -0.25) is 4.68 Å². The number of hydrogen-bond donors (Lipinski definition) is 0. The van der Waals surface area contributed by atoms with Crippen molar-refractivity contribution in [2.75, 3.05) is 11.9 Å². The summed E-state index contributed by atoms with van der Waals surface area (Å²) in [4.78, 5) is 2.01. The minimum absolute atomic E-state index is 0.699. The van der Waals surface area contributed by atoms with Gasteiger partial charge in [0.1, 0.15) is 0 Å². The van der Waals surface area contributed by atoms with Crippen LogP contribution in [0.15, 0.2) is 36.5 Å². The molecule has 0 saturated carbocycles. The molecule has 0 saturated heterocycles. The molecule has 7 heteroatoms. The van der Waals surface area contributed by atoms with E-state index in [1.807, 2.05) is 67.1 Å². The number of benzene rings is 1. The van der Waals surface area contributed by atoms with Crippen LogP contribution in [0.5, 0.6) is 0 Å². The third-order valence-electron chi connectivity index (χ3n) is 3.32. The van der Waals surface area contributed by atoms with E-state index >= 15 is 0 Å². The van der Waals surface area contributed by atoms with Crippen molar-refractivity contribution in [1.82, 2.24) is 30.0 Å². The fourth-order valence-electron chi connectivity index (χ4n) is 2.29. The zero-order valence-corrected chi connectivity index (χ0v) is 12.3. The standard InChI is InChI=1S/C14H17N7/c1-11-12(10-20(3)16-11)9-19(2)14-15-17-18-21(14)13-7-5-4-6-8-13/h4-8,10H,9H2,1-3H3. The Hall–Kier alpha value is -2.70. The number of aromatic nitrogens is 6. The highest BCUT2D eigenvalue weighted by Gasteiger charge is 2.14. The summed E-state index contributed by atoms with van der Waals surface area (Å²) in [5, 5.41) is 16.3. The van der Waals surface area contributed by atoms with Crippen LogP contribution in [0, 0.1) is 6.92 Å². The van der Waals surface area contributed by atoms with E-state index in [1.165, 1.54) is 0 Å². The topological polar surface area (TPSA) is 64.7 Å². The number of nitrogens with zero attached hydrogens (tertiary/aromatic N) is 7. The number of hydrogen-bond acceptors (Lipinski definition) is 5. The summed E-state index contributed by atoms with van der Waals surface area (Å²) in [6, 6.07) is 9.85. The molecule has 0 unspecified atom stereocenters. The maximum absolute atomic E-state index is 4.36. The predicted molar refractivity (Wildman–Crippen MR) is 79.2 cm³/mol. The molecule has 2 heterocycles. The first-order valence-electron chi connectivity index (χ1n) is 6.69. The summed E-state index contributed by atoms with van der Waals surface area (Å²) in [6.45, 7) is 2.70. The van der Waals surface area contributed by atoms with Gasteiger partial charge < -0.3 is 4.90 Å². The second-order valence-electron chi connectivity index (χ2n) is 5.00. The maximum atomic E-state index is 4.36. The molecular weight excluding hydrogens is 266 g/mol. The number of para-hydroxylation sites is 1. The highest BCUT2D eigenvalue weighted by atomic mass is 15.6. The van der Waals surface area contributed by atoms with Crippen LogP contribution < -0.4 is 4.90 Å². The zero-order valence-electron chi connectivity index (χ0n) is 12.3. The summed E-state index contributed by atoms with van der Waals surface area (Å²) in [5.41, 5.74) is 3.11. The number of aryl methyl sites for hydroxylation is 2. The van der Waals surface area contributed by atoms with Gasteiger partial charge in [-0.15, -0.1) is 0 Å². The van der Waals surface area contributed by atoms with Crippen LogP contribution in [0.1, 0.15) is 11.3 Å². The number of rotatable bonds is 4. The molecule has 1 aromatic carbocycles. The van der Waals surface area contributed by atoms with Crippen molar-refractivity contribution in [1.29, 1.82) is 0 Å². The van der Waals surface area contributed by atoms with Gasteiger partial charge in [-0.1, -0.05) is 23.3 Å². The fourth-order valence-corrected chi connectivity index (χ4v) is 2.29. The van der Waals surface area contributed by atoms with E-state index in [0.29, 0.717) is 12.5 Å². The normalized spacial score (nSPS) is 10.8. The molecule has 0 N–H and O–H groups in total. The van der Waals surface area contributed by atoms with Crippen LogP contribution in [-0.2, 0) is 13.6 Å². The molecule has 0 bridgehead atoms. The van der Waals surface area contributed by atoms with Gasteiger partial charge >= 0.3 is 0 Å². The maximum Gasteiger partial charge on any atom is 0.250 e. The summed E-state index contributed by atoms with van der Waals surface area (Å²) < 4.78 is 3.55. The summed E-state index contributed by atoms with van der Waals surface area (Å²) in [7, 11) is 3.89. The van der Waals surface area contributed by atoms with Gasteiger partial charge in [-0.2, -0.15) is 9.78 Å². The fraction of sp³-hybridized carbons (Fsp3) is 0.286. The number of anilines is 1. The minimum atomic E-state index is 0.699. The average molecular weight is 283 g/mol. The molecule has 108 valence electrons. The smallest absolute Gasteiger partial charge is 0.250 e. The van der Waals surface area contributed by atoms with Crippen molar-refractivity contribution in [3.8, 4) is 5.69 Å². The van der Waals surface area contributed by atoms with Gasteiger partial charge in [0.2, 0.25) is 5.95 Å². The average Bonchev–Trinajstić information content (AvgIpc) is 3.07. The van der Waals surface area contributed by atoms with Gasteiger partial charge in [-0.25, -0.2) is 0 Å². The first-order chi connectivity index (χ1) is 10.1. The van der Waals surface area contributed by atoms with Crippen LogP contribution >= 0.6 is 0 Å². The SMILES string of the molecule is Cc1nn(C)cc1CN(C)c1nnnn1-c1ccccc1. The lowest BCUT2D eigenvalue weighted by Crippen LogP contribution is -2.21. The lowest BCUT2D eigenvalue weighted by molar-refractivity contribution is 0.756. The van der Waals surface area contributed by atoms with Crippen molar-refractivity contribution in [2.45, 2.75) is 13.5 Å². The third-order valence-corrected chi connectivity index (χ3v) is 3.32. The Morgan fingerprint density at radius 1 is 1.19 bits per heavy atom. The second kappa shape index (κ2) is 5.35. The van der Waals surface area contributed by atoms with Gasteiger partial charge in [0, 0.05) is 32.4 Å². The third kappa shape index (κ3) is 2.62. The molecule has 0 aliphatic carbocycles. The zero-order chi connectivity index (χ0) is 14.8. The van der Waals surface area contributed by atoms with Crippen molar-refractivity contribution in [3.05, 3.63) is 47.8 Å². The molecule has 0 aliphatic heterocycles. The molecule has 0 aliphatic rings. The first-order valence-corrected chi connectivity index (χ1v) is 6.69. The van der Waals surface area contributed by atoms with E-state index in [2.05, 4.69) is 20.6 Å². The van der Waals surface area contributed by atoms with Crippen LogP contribution in [0.3, 0.4) is 0 Å². The Morgan fingerprint density at radius 3 is 2.62 bits per heavy atom. The molecule has 7 nitrogen and oxygen atoms in total. The molecule has 0 atom stereocenters. The van der Waals surface area contributed by atoms with Crippen molar-refractivity contribution in [3.63, 3.8) is 0 Å². The molecule has 2 aromatic heterocycles. The van der Waals surface area contributed by atoms with Crippen LogP contribution in [0.2, 0.25) is 0 Å². The van der Waals surface area contributed by atoms with Gasteiger partial charge in [-0.05, 0) is 29.5 Å². The predicted octanol–water partition coefficient (Wildman–Crippen LogP) is 1.34. The molecule has 0 spiro atoms. The number of tetrazole rings is 1. The molecule has 0 fully saturated rings. The van der Waals surface area contributed by atoms with Gasteiger partial charge in [0.25, 0.3) is 0 Å². The van der Waals surface area contributed by atoms with Crippen molar-refractivity contribution >= 4 is 5.95 Å². The lowest BCUT2D eigenvalue weighted by atomic mass is 10.2. The van der Waals surface area contributed by atoms with Crippen LogP contribution in [0.25, 0.3) is 5.69 Å². The van der Waals surface area contributed by atoms with Gasteiger partial charge in [0.05, 0.1) is 11.4 Å². The lowest BCUT2D eigenvalue weighted by Gasteiger charge is -2.17. The Bertz CT molecular complexity index is 729. The Labute approximate surface area is 122 Å². The van der Waals surface area contributed by atoms with E-state index in [-0.39, 0.29) is 0 Å². The van der Waals surface area contributed by atoms with Crippen molar-refractivity contribution < 1.29 is 0 Å². The molecule has 0 radical (unpaired) electrons. The van der Waals surface area contributed by atoms with E-state index < -0.39 is 0 Å². The van der Waals surface area contributed by atoms with Crippen LogP contribution in [0.4, 0.5) is 5.95 Å². The summed E-state index contributed by atoms with van der Waals surface area (Å²) in [5.74, 6) is 0.699. The Balaban J connectivity index is 1.88. The van der Waals surface area contributed by atoms with E-state index in [9.17, 15) is 0 Å². The Kier molecular flexibility index (Phi) is 3.39. The molecule has 3 aromatic rings. The molecule has 0 amide bonds. The van der Waals surface area contributed by atoms with Gasteiger partial charge in [0.15, 0.2) is 0 Å². The summed E-state index contributed by atoms with van der Waals surface area (Å²) >= 11 is 0. The molecular formula is C14H17N7. The summed E-state index contributed by atoms with van der Waals surface area (Å²) in [6.07, 6.45) is 2.02. The first kappa shape index (κ1) is 13.3. The molecule has 21 heavy (non-hydrogen) atoms. The largest absolute Gasteiger partial charge is 0.338 e. The highest BCUT2D eigenvalue weighted by molar-refractivity contribution is 5.40.